The van der Waals surface area contributed by atoms with E-state index in [0.717, 1.165) is 32.2 Å². The fraction of sp³-hybridized carbons (Fsp3) is 0.889. The van der Waals surface area contributed by atoms with Crippen molar-refractivity contribution in [1.82, 2.24) is 9.80 Å². The second-order valence-corrected chi connectivity index (χ2v) is 7.88. The van der Waals surface area contributed by atoms with Crippen LogP contribution in [0.3, 0.4) is 0 Å². The predicted octanol–water partition coefficient (Wildman–Crippen LogP) is 3.08. The van der Waals surface area contributed by atoms with E-state index in [-0.39, 0.29) is 12.1 Å². The lowest BCUT2D eigenvalue weighted by molar-refractivity contribution is -0.115. The molecule has 1 atom stereocenters. The second-order valence-electron chi connectivity index (χ2n) is 7.88. The molecule has 0 bridgehead atoms. The van der Waals surface area contributed by atoms with Gasteiger partial charge < -0.3 is 14.4 Å². The molecule has 2 fully saturated rings. The molecule has 132 valence electrons. The molecule has 0 N–H and O–H groups in total. The number of carbonyl (C=O) groups excluding carboxylic acids is 2. The van der Waals surface area contributed by atoms with E-state index in [1.165, 1.54) is 25.7 Å². The molecule has 5 nitrogen and oxygen atoms in total. The molecule has 5 heteroatoms. The van der Waals surface area contributed by atoms with Crippen LogP contribution in [0.5, 0.6) is 0 Å². The largest absolute Gasteiger partial charge is 0.444 e. The Balaban J connectivity index is 1.86. The summed E-state index contributed by atoms with van der Waals surface area (Å²) in [6.07, 6.45) is 8.31. The molecule has 1 aliphatic carbocycles. The van der Waals surface area contributed by atoms with Crippen molar-refractivity contribution < 1.29 is 14.3 Å². The van der Waals surface area contributed by atoms with Crippen LogP contribution in [0.25, 0.3) is 0 Å². The van der Waals surface area contributed by atoms with Crippen molar-refractivity contribution >= 4 is 12.4 Å². The standard InChI is InChI=1S/C18H32N2O3/c1-18(2,3)23-17(22)20-12-10-19(11-13-20)16(14-21)15-8-6-4-5-7-9-15/h14-16H,4-13H2,1-3H3. The Morgan fingerprint density at radius 3 is 2.09 bits per heavy atom. The van der Waals surface area contributed by atoms with Crippen LogP contribution in [0, 0.1) is 5.92 Å². The first kappa shape index (κ1) is 18.2. The molecule has 0 spiro atoms. The zero-order chi connectivity index (χ0) is 16.9. The molecule has 0 aromatic carbocycles. The summed E-state index contributed by atoms with van der Waals surface area (Å²) >= 11 is 0. The molecule has 2 rings (SSSR count). The highest BCUT2D eigenvalue weighted by Crippen LogP contribution is 2.28. The summed E-state index contributed by atoms with van der Waals surface area (Å²) in [7, 11) is 0. The third kappa shape index (κ3) is 5.48. The Labute approximate surface area is 140 Å². The fourth-order valence-corrected chi connectivity index (χ4v) is 3.68. The van der Waals surface area contributed by atoms with Crippen LogP contribution < -0.4 is 0 Å². The Hall–Kier alpha value is -1.10. The van der Waals surface area contributed by atoms with Crippen LogP contribution in [0.2, 0.25) is 0 Å². The van der Waals surface area contributed by atoms with Crippen molar-refractivity contribution in [3.8, 4) is 0 Å². The number of nitrogens with zero attached hydrogens (tertiary/aromatic N) is 2. The average Bonchev–Trinajstić information content (AvgIpc) is 2.76. The number of hydrogen-bond acceptors (Lipinski definition) is 4. The van der Waals surface area contributed by atoms with Crippen LogP contribution in [0.4, 0.5) is 4.79 Å². The summed E-state index contributed by atoms with van der Waals surface area (Å²) in [5.41, 5.74) is -0.458. The van der Waals surface area contributed by atoms with Crippen LogP contribution in [0.15, 0.2) is 0 Å². The second kappa shape index (κ2) is 8.13. The Kier molecular flexibility index (Phi) is 6.45. The van der Waals surface area contributed by atoms with E-state index in [1.54, 1.807) is 4.90 Å². The maximum absolute atomic E-state index is 12.1. The molecule has 1 aliphatic heterocycles. The quantitative estimate of drug-likeness (QED) is 0.591. The van der Waals surface area contributed by atoms with Crippen LogP contribution in [-0.4, -0.2) is 60.0 Å². The van der Waals surface area contributed by atoms with E-state index < -0.39 is 5.60 Å². The molecule has 1 amide bonds. The van der Waals surface area contributed by atoms with E-state index in [4.69, 9.17) is 4.74 Å². The number of aldehydes is 1. The van der Waals surface area contributed by atoms with Gasteiger partial charge in [0, 0.05) is 26.2 Å². The molecule has 0 aromatic rings. The first-order valence-corrected chi connectivity index (χ1v) is 9.08. The van der Waals surface area contributed by atoms with Gasteiger partial charge in [-0.15, -0.1) is 0 Å². The van der Waals surface area contributed by atoms with Crippen LogP contribution >= 0.6 is 0 Å². The van der Waals surface area contributed by atoms with E-state index in [1.807, 2.05) is 20.8 Å². The maximum Gasteiger partial charge on any atom is 0.410 e. The molecular weight excluding hydrogens is 292 g/mol. The summed E-state index contributed by atoms with van der Waals surface area (Å²) in [4.78, 5) is 27.8. The molecule has 0 aromatic heterocycles. The molecule has 2 aliphatic rings. The minimum Gasteiger partial charge on any atom is -0.444 e. The molecule has 1 saturated heterocycles. The Bertz CT molecular complexity index is 390. The molecule has 23 heavy (non-hydrogen) atoms. The van der Waals surface area contributed by atoms with E-state index in [9.17, 15) is 9.59 Å². The van der Waals surface area contributed by atoms with Gasteiger partial charge in [-0.2, -0.15) is 0 Å². The number of piperazine rings is 1. The Morgan fingerprint density at radius 1 is 1.04 bits per heavy atom. The van der Waals surface area contributed by atoms with Gasteiger partial charge in [-0.3, -0.25) is 4.90 Å². The highest BCUT2D eigenvalue weighted by atomic mass is 16.6. The lowest BCUT2D eigenvalue weighted by Gasteiger charge is -2.40. The lowest BCUT2D eigenvalue weighted by atomic mass is 9.91. The lowest BCUT2D eigenvalue weighted by Crippen LogP contribution is -2.54. The van der Waals surface area contributed by atoms with Gasteiger partial charge in [0.1, 0.15) is 11.9 Å². The SMILES string of the molecule is CC(C)(C)OC(=O)N1CCN(C(C=O)C2CCCCCC2)CC1. The highest BCUT2D eigenvalue weighted by Gasteiger charge is 2.32. The number of rotatable bonds is 3. The van der Waals surface area contributed by atoms with Crippen molar-refractivity contribution in [2.75, 3.05) is 26.2 Å². The van der Waals surface area contributed by atoms with Crippen molar-refractivity contribution in [3.63, 3.8) is 0 Å². The van der Waals surface area contributed by atoms with Crippen molar-refractivity contribution in [2.24, 2.45) is 5.92 Å². The zero-order valence-corrected chi connectivity index (χ0v) is 14.9. The average molecular weight is 324 g/mol. The summed E-state index contributed by atoms with van der Waals surface area (Å²) in [5, 5.41) is 0. The fourth-order valence-electron chi connectivity index (χ4n) is 3.68. The van der Waals surface area contributed by atoms with Crippen molar-refractivity contribution in [1.29, 1.82) is 0 Å². The van der Waals surface area contributed by atoms with Crippen LogP contribution in [0.1, 0.15) is 59.3 Å². The third-order valence-corrected chi connectivity index (χ3v) is 4.91. The minimum atomic E-state index is -0.458. The first-order chi connectivity index (χ1) is 10.9. The zero-order valence-electron chi connectivity index (χ0n) is 14.9. The Morgan fingerprint density at radius 2 is 1.61 bits per heavy atom. The van der Waals surface area contributed by atoms with Gasteiger partial charge in [0.15, 0.2) is 0 Å². The van der Waals surface area contributed by atoms with Gasteiger partial charge in [0.25, 0.3) is 0 Å². The van der Waals surface area contributed by atoms with Gasteiger partial charge >= 0.3 is 6.09 Å². The first-order valence-electron chi connectivity index (χ1n) is 9.08. The molecule has 1 saturated carbocycles. The predicted molar refractivity (Wildman–Crippen MR) is 90.4 cm³/mol. The highest BCUT2D eigenvalue weighted by molar-refractivity contribution is 5.68. The topological polar surface area (TPSA) is 49.9 Å². The number of carbonyl (C=O) groups is 2. The van der Waals surface area contributed by atoms with Gasteiger partial charge in [0.2, 0.25) is 0 Å². The van der Waals surface area contributed by atoms with Gasteiger partial charge in [0.05, 0.1) is 6.04 Å². The van der Waals surface area contributed by atoms with Gasteiger partial charge in [-0.25, -0.2) is 4.79 Å². The number of amides is 1. The molecule has 0 radical (unpaired) electrons. The van der Waals surface area contributed by atoms with Gasteiger partial charge in [-0.05, 0) is 39.5 Å². The van der Waals surface area contributed by atoms with Gasteiger partial charge in [-0.1, -0.05) is 25.7 Å². The monoisotopic (exact) mass is 324 g/mol. The normalized spacial score (nSPS) is 23.2. The van der Waals surface area contributed by atoms with E-state index >= 15 is 0 Å². The molecule has 1 heterocycles. The van der Waals surface area contributed by atoms with Crippen molar-refractivity contribution in [2.45, 2.75) is 70.9 Å². The smallest absolute Gasteiger partial charge is 0.410 e. The summed E-state index contributed by atoms with van der Waals surface area (Å²) in [6, 6.07) is 0.0221. The van der Waals surface area contributed by atoms with E-state index in [2.05, 4.69) is 4.90 Å². The maximum atomic E-state index is 12.1. The molecular formula is C18H32N2O3. The van der Waals surface area contributed by atoms with Crippen molar-refractivity contribution in [3.05, 3.63) is 0 Å². The minimum absolute atomic E-state index is 0.0221. The summed E-state index contributed by atoms with van der Waals surface area (Å²) < 4.78 is 5.43. The molecule has 1 unspecified atom stereocenters. The number of ether oxygens (including phenoxy) is 1. The third-order valence-electron chi connectivity index (χ3n) is 4.91. The van der Waals surface area contributed by atoms with E-state index in [0.29, 0.717) is 19.0 Å². The summed E-state index contributed by atoms with van der Waals surface area (Å²) in [5.74, 6) is 0.489. The number of hydrogen-bond donors (Lipinski definition) is 0. The van der Waals surface area contributed by atoms with Crippen LogP contribution in [-0.2, 0) is 9.53 Å². The summed E-state index contributed by atoms with van der Waals surface area (Å²) in [6.45, 7) is 8.47.